The Morgan fingerprint density at radius 2 is 1.37 bits per heavy atom. The lowest BCUT2D eigenvalue weighted by Gasteiger charge is -2.35. The van der Waals surface area contributed by atoms with Gasteiger partial charge in [0.1, 0.15) is 0 Å². The van der Waals surface area contributed by atoms with Gasteiger partial charge in [-0.3, -0.25) is 9.59 Å². The van der Waals surface area contributed by atoms with Crippen LogP contribution >= 0.6 is 0 Å². The summed E-state index contributed by atoms with van der Waals surface area (Å²) in [5.74, 6) is 0.292. The van der Waals surface area contributed by atoms with Crippen LogP contribution in [0.3, 0.4) is 0 Å². The summed E-state index contributed by atoms with van der Waals surface area (Å²) in [4.78, 5) is 29.0. The van der Waals surface area contributed by atoms with Crippen molar-refractivity contribution >= 4 is 11.8 Å². The predicted molar refractivity (Wildman–Crippen MR) is 107 cm³/mol. The Bertz CT molecular complexity index is 845. The molecule has 0 spiro atoms. The number of nitrogens with zero attached hydrogens (tertiary/aromatic N) is 3. The SMILES string of the molecule is Cc1ccccc1CC(=O)N1CCN(C(=O)Cc2cc(C)n(C)c2C)CC1. The Morgan fingerprint density at radius 1 is 0.852 bits per heavy atom. The number of carbonyl (C=O) groups is 2. The monoisotopic (exact) mass is 367 g/mol. The third-order valence-electron chi connectivity index (χ3n) is 5.81. The lowest BCUT2D eigenvalue weighted by atomic mass is 10.1. The second-order valence-corrected chi connectivity index (χ2v) is 7.50. The maximum absolute atomic E-state index is 12.7. The molecule has 0 bridgehead atoms. The van der Waals surface area contributed by atoms with Gasteiger partial charge in [-0.2, -0.15) is 0 Å². The van der Waals surface area contributed by atoms with Gasteiger partial charge in [0.25, 0.3) is 0 Å². The highest BCUT2D eigenvalue weighted by molar-refractivity contribution is 5.81. The molecule has 1 aliphatic heterocycles. The van der Waals surface area contributed by atoms with E-state index in [2.05, 4.69) is 24.5 Å². The first-order chi connectivity index (χ1) is 12.9. The second-order valence-electron chi connectivity index (χ2n) is 7.50. The topological polar surface area (TPSA) is 45.6 Å². The van der Waals surface area contributed by atoms with Gasteiger partial charge < -0.3 is 14.4 Å². The Kier molecular flexibility index (Phi) is 5.68. The van der Waals surface area contributed by atoms with Gasteiger partial charge in [0, 0.05) is 44.6 Å². The molecule has 0 saturated carbocycles. The van der Waals surface area contributed by atoms with Crippen LogP contribution in [0.15, 0.2) is 30.3 Å². The summed E-state index contributed by atoms with van der Waals surface area (Å²) in [5, 5.41) is 0. The Labute approximate surface area is 161 Å². The van der Waals surface area contributed by atoms with Crippen molar-refractivity contribution in [3.63, 3.8) is 0 Å². The van der Waals surface area contributed by atoms with Crippen molar-refractivity contribution < 1.29 is 9.59 Å². The number of aromatic nitrogens is 1. The molecule has 5 heteroatoms. The maximum Gasteiger partial charge on any atom is 0.227 e. The molecule has 1 aliphatic rings. The molecule has 2 aromatic rings. The standard InChI is InChI=1S/C22H29N3O2/c1-16-7-5-6-8-19(16)14-21(26)24-9-11-25(12-10-24)22(27)15-20-13-17(2)23(4)18(20)3/h5-8,13H,9-12,14-15H2,1-4H3. The Hall–Kier alpha value is -2.56. The van der Waals surface area contributed by atoms with Crippen LogP contribution in [-0.4, -0.2) is 52.4 Å². The van der Waals surface area contributed by atoms with Crippen molar-refractivity contribution in [2.75, 3.05) is 26.2 Å². The molecule has 1 fully saturated rings. The average molecular weight is 367 g/mol. The van der Waals surface area contributed by atoms with Crippen molar-refractivity contribution in [3.05, 3.63) is 58.4 Å². The first-order valence-electron chi connectivity index (χ1n) is 9.58. The fraction of sp³-hybridized carbons (Fsp3) is 0.455. The first-order valence-corrected chi connectivity index (χ1v) is 9.58. The molecule has 27 heavy (non-hydrogen) atoms. The van der Waals surface area contributed by atoms with Crippen molar-refractivity contribution in [2.24, 2.45) is 7.05 Å². The van der Waals surface area contributed by atoms with Crippen LogP contribution < -0.4 is 0 Å². The average Bonchev–Trinajstić information content (AvgIpc) is 2.90. The maximum atomic E-state index is 12.7. The summed E-state index contributed by atoms with van der Waals surface area (Å²) in [5.41, 5.74) is 5.64. The molecule has 2 amide bonds. The third-order valence-corrected chi connectivity index (χ3v) is 5.81. The Morgan fingerprint density at radius 3 is 1.85 bits per heavy atom. The number of piperazine rings is 1. The molecule has 0 aliphatic carbocycles. The highest BCUT2D eigenvalue weighted by Crippen LogP contribution is 2.16. The molecule has 0 unspecified atom stereocenters. The van der Waals surface area contributed by atoms with Crippen LogP contribution in [0.25, 0.3) is 0 Å². The molecule has 1 aromatic carbocycles. The van der Waals surface area contributed by atoms with E-state index in [0.29, 0.717) is 39.0 Å². The van der Waals surface area contributed by atoms with Gasteiger partial charge >= 0.3 is 0 Å². The van der Waals surface area contributed by atoms with E-state index in [4.69, 9.17) is 0 Å². The zero-order valence-electron chi connectivity index (χ0n) is 16.8. The second kappa shape index (κ2) is 7.99. The number of rotatable bonds is 4. The third kappa shape index (κ3) is 4.24. The van der Waals surface area contributed by atoms with Crippen LogP contribution in [0.2, 0.25) is 0 Å². The number of aryl methyl sites for hydroxylation is 2. The van der Waals surface area contributed by atoms with Gasteiger partial charge in [-0.25, -0.2) is 0 Å². The van der Waals surface area contributed by atoms with Gasteiger partial charge in [0.2, 0.25) is 11.8 Å². The summed E-state index contributed by atoms with van der Waals surface area (Å²) < 4.78 is 2.12. The summed E-state index contributed by atoms with van der Waals surface area (Å²) in [6.07, 6.45) is 0.869. The zero-order valence-corrected chi connectivity index (χ0v) is 16.8. The zero-order chi connectivity index (χ0) is 19.6. The minimum atomic E-state index is 0.144. The number of benzene rings is 1. The smallest absolute Gasteiger partial charge is 0.227 e. The minimum absolute atomic E-state index is 0.144. The molecule has 144 valence electrons. The number of carbonyl (C=O) groups excluding carboxylic acids is 2. The van der Waals surface area contributed by atoms with Crippen LogP contribution in [0.1, 0.15) is 28.1 Å². The van der Waals surface area contributed by atoms with E-state index in [-0.39, 0.29) is 11.8 Å². The quantitative estimate of drug-likeness (QED) is 0.833. The van der Waals surface area contributed by atoms with Crippen LogP contribution in [0, 0.1) is 20.8 Å². The fourth-order valence-electron chi connectivity index (χ4n) is 3.68. The van der Waals surface area contributed by atoms with Crippen LogP contribution in [0.5, 0.6) is 0 Å². The van der Waals surface area contributed by atoms with Gasteiger partial charge in [-0.1, -0.05) is 24.3 Å². The summed E-state index contributed by atoms with van der Waals surface area (Å²) in [6.45, 7) is 8.60. The van der Waals surface area contributed by atoms with Crippen molar-refractivity contribution in [1.29, 1.82) is 0 Å². The summed E-state index contributed by atoms with van der Waals surface area (Å²) >= 11 is 0. The lowest BCUT2D eigenvalue weighted by Crippen LogP contribution is -2.51. The van der Waals surface area contributed by atoms with E-state index in [1.54, 1.807) is 0 Å². The van der Waals surface area contributed by atoms with Crippen molar-refractivity contribution in [3.8, 4) is 0 Å². The largest absolute Gasteiger partial charge is 0.352 e. The normalized spacial score (nSPS) is 14.5. The fourth-order valence-corrected chi connectivity index (χ4v) is 3.68. The summed E-state index contributed by atoms with van der Waals surface area (Å²) in [7, 11) is 2.03. The minimum Gasteiger partial charge on any atom is -0.352 e. The van der Waals surface area contributed by atoms with Crippen molar-refractivity contribution in [2.45, 2.75) is 33.6 Å². The van der Waals surface area contributed by atoms with E-state index in [1.165, 1.54) is 5.69 Å². The van der Waals surface area contributed by atoms with Gasteiger partial charge in [0.05, 0.1) is 12.8 Å². The van der Waals surface area contributed by atoms with E-state index in [9.17, 15) is 9.59 Å². The molecule has 3 rings (SSSR count). The molecule has 0 atom stereocenters. The van der Waals surface area contributed by atoms with Crippen molar-refractivity contribution in [1.82, 2.24) is 14.4 Å². The van der Waals surface area contributed by atoms with Crippen LogP contribution in [0.4, 0.5) is 0 Å². The molecule has 0 N–H and O–H groups in total. The highest BCUT2D eigenvalue weighted by Gasteiger charge is 2.25. The molecule has 5 nitrogen and oxygen atoms in total. The van der Waals surface area contributed by atoms with Crippen LogP contribution in [-0.2, 0) is 29.5 Å². The number of amides is 2. The molecule has 2 heterocycles. The molecule has 0 radical (unpaired) electrons. The molecular weight excluding hydrogens is 338 g/mol. The van der Waals surface area contributed by atoms with E-state index in [0.717, 1.165) is 22.4 Å². The lowest BCUT2D eigenvalue weighted by molar-refractivity contribution is -0.138. The van der Waals surface area contributed by atoms with Gasteiger partial charge in [-0.15, -0.1) is 0 Å². The number of hydrogen-bond acceptors (Lipinski definition) is 2. The molecule has 1 aromatic heterocycles. The number of hydrogen-bond donors (Lipinski definition) is 0. The van der Waals surface area contributed by atoms with E-state index >= 15 is 0 Å². The first kappa shape index (κ1) is 19.2. The van der Waals surface area contributed by atoms with E-state index < -0.39 is 0 Å². The summed E-state index contributed by atoms with van der Waals surface area (Å²) in [6, 6.07) is 10.1. The predicted octanol–water partition coefficient (Wildman–Crippen LogP) is 2.41. The Balaban J connectivity index is 1.53. The van der Waals surface area contributed by atoms with Gasteiger partial charge in [0.15, 0.2) is 0 Å². The molecular formula is C22H29N3O2. The highest BCUT2D eigenvalue weighted by atomic mass is 16.2. The molecule has 1 saturated heterocycles. The van der Waals surface area contributed by atoms with Gasteiger partial charge in [-0.05, 0) is 43.5 Å². The van der Waals surface area contributed by atoms with E-state index in [1.807, 2.05) is 48.0 Å².